The van der Waals surface area contributed by atoms with Gasteiger partial charge in [0.25, 0.3) is 0 Å². The van der Waals surface area contributed by atoms with Crippen molar-refractivity contribution in [2.75, 3.05) is 0 Å². The van der Waals surface area contributed by atoms with Crippen LogP contribution in [0.2, 0.25) is 9.79 Å². The average molecular weight is 1010 g/mol. The first-order valence-corrected chi connectivity index (χ1v) is 31.8. The Kier molecular flexibility index (Phi) is 36.5. The summed E-state index contributed by atoms with van der Waals surface area (Å²) in [5.41, 5.74) is 29.5. The molecule has 0 radical (unpaired) electrons. The molecule has 2 aromatic rings. The zero-order valence-electron chi connectivity index (χ0n) is 46.4. The number of hydrogen-bond donors (Lipinski definition) is 0. The molecule has 1 aliphatic rings. The molecule has 0 N–H and O–H groups in total. The number of allylic oxidation sites excluding steroid dienone is 2. The molecule has 1 heterocycles. The fourth-order valence-corrected chi connectivity index (χ4v) is 12.0. The first-order chi connectivity index (χ1) is 32.8. The van der Waals surface area contributed by atoms with Gasteiger partial charge < -0.3 is 5.53 Å². The molecule has 3 rings (SSSR count). The number of unbranched alkanes of at least 4 members (excludes halogenated alkanes) is 18. The Morgan fingerprint density at radius 2 is 0.567 bits per heavy atom. The molecule has 0 saturated carbocycles. The Labute approximate surface area is 427 Å². The number of hydrogen-bond acceptors (Lipinski definition) is 0. The molecule has 2 nitrogen and oxygen atoms in total. The van der Waals surface area contributed by atoms with Crippen molar-refractivity contribution < 1.29 is 22.7 Å². The van der Waals surface area contributed by atoms with Gasteiger partial charge >= 0.3 is 119 Å². The van der Waals surface area contributed by atoms with Crippen LogP contribution in [-0.4, -0.2) is 4.70 Å². The van der Waals surface area contributed by atoms with Crippen molar-refractivity contribution in [3.63, 3.8) is 0 Å². The minimum atomic E-state index is 1.03. The van der Waals surface area contributed by atoms with Crippen LogP contribution >= 0.6 is 0 Å². The van der Waals surface area contributed by atoms with Gasteiger partial charge in [0, 0.05) is 22.3 Å². The maximum atomic E-state index is 12.7. The third kappa shape index (κ3) is 22.9. The molecule has 1 aliphatic heterocycles. The van der Waals surface area contributed by atoms with E-state index < -0.39 is 0 Å². The second-order valence-electron chi connectivity index (χ2n) is 20.4. The van der Waals surface area contributed by atoms with Gasteiger partial charge in [-0.05, 0) is 160 Å². The van der Waals surface area contributed by atoms with Gasteiger partial charge in [-0.15, -0.1) is 0 Å². The molecular formula is C64H110N2Pd. The van der Waals surface area contributed by atoms with Crippen LogP contribution in [0.25, 0.3) is 16.9 Å². The first kappa shape index (κ1) is 61.3. The zero-order chi connectivity index (χ0) is 48.9. The van der Waals surface area contributed by atoms with Gasteiger partial charge in [0.1, 0.15) is 0 Å². The molecule has 3 heteroatoms. The van der Waals surface area contributed by atoms with Crippen molar-refractivity contribution in [1.29, 1.82) is 0 Å². The predicted molar refractivity (Wildman–Crippen MR) is 297 cm³/mol. The van der Waals surface area contributed by atoms with Gasteiger partial charge in [-0.2, -0.15) is 0 Å². The van der Waals surface area contributed by atoms with Gasteiger partial charge in [0.2, 0.25) is 11.4 Å². The Morgan fingerprint density at radius 3 is 0.866 bits per heavy atom. The molecule has 0 aliphatic carbocycles. The molecule has 0 bridgehead atoms. The van der Waals surface area contributed by atoms with Crippen LogP contribution in [0.3, 0.4) is 0 Å². The van der Waals surface area contributed by atoms with E-state index in [1.54, 1.807) is 15.8 Å². The van der Waals surface area contributed by atoms with E-state index in [2.05, 4.69) is 93.5 Å². The quantitative estimate of drug-likeness (QED) is 0.0361. The summed E-state index contributed by atoms with van der Waals surface area (Å²) < 4.78 is 1.69. The van der Waals surface area contributed by atoms with Crippen LogP contribution in [0.5, 0.6) is 0 Å². The van der Waals surface area contributed by atoms with Crippen molar-refractivity contribution in [1.82, 2.24) is 0 Å². The summed E-state index contributed by atoms with van der Waals surface area (Å²) >= 11 is 1.07. The van der Waals surface area contributed by atoms with Crippen molar-refractivity contribution >= 4 is 11.4 Å². The third-order valence-electron chi connectivity index (χ3n) is 14.3. The summed E-state index contributed by atoms with van der Waals surface area (Å²) in [5, 5.41) is 0. The standard InChI is InChI=1S/C48H76N2.2C8H17.Pd/c1-9-17-25-37-33-41(34-38(26-18-10-2)43(37)29-21-13-5)47-45(31-23-15-7)46(32-24-16-8)48(50(47)49)42-35-39(27-19-11-3)44(30-22-14-6)40(36-42)28-20-12-4;2*1-3-5-7-8-6-4-2;/h33-36H,9-32H2,1-8H3;2*1,3-8H2,2H3;. The molecule has 0 saturated heterocycles. The van der Waals surface area contributed by atoms with Crippen molar-refractivity contribution in [3.05, 3.63) is 85.5 Å². The van der Waals surface area contributed by atoms with E-state index in [0.717, 1.165) is 93.6 Å². The fraction of sp³-hybridized carbons (Fsp3) is 0.750. The summed E-state index contributed by atoms with van der Waals surface area (Å²) in [6, 6.07) is 10.0. The summed E-state index contributed by atoms with van der Waals surface area (Å²) in [5.74, 6) is 0. The number of rotatable bonds is 40. The monoisotopic (exact) mass is 1010 g/mol. The SMILES string of the molecule is CCCCC1=C(c2cc(CCCC)c(CCCC)c(CCCC)c2)[N+](=[N-])C(c2cc(CCCC)c(CCCC)c(CCCC)c2)=C1CCCC.CCCCCCC[CH2][Pd][CH2]CCCCCCC. The molecular weight excluding hydrogens is 903 g/mol. The second kappa shape index (κ2) is 39.9. The molecule has 0 amide bonds. The Bertz CT molecular complexity index is 1480. The fourth-order valence-electron chi connectivity index (χ4n) is 10.0. The first-order valence-electron chi connectivity index (χ1n) is 29.6. The normalized spacial score (nSPS) is 12.8. The van der Waals surface area contributed by atoms with Gasteiger partial charge in [-0.3, -0.25) is 0 Å². The van der Waals surface area contributed by atoms with Crippen LogP contribution in [0.4, 0.5) is 0 Å². The van der Waals surface area contributed by atoms with E-state index in [1.807, 2.05) is 0 Å². The Hall–Kier alpha value is -1.82. The molecule has 386 valence electrons. The van der Waals surface area contributed by atoms with Crippen molar-refractivity contribution in [3.8, 4) is 0 Å². The van der Waals surface area contributed by atoms with Crippen molar-refractivity contribution in [2.24, 2.45) is 0 Å². The van der Waals surface area contributed by atoms with Crippen LogP contribution < -0.4 is 0 Å². The van der Waals surface area contributed by atoms with Crippen LogP contribution in [0, 0.1) is 0 Å². The molecule has 0 fully saturated rings. The molecule has 0 unspecified atom stereocenters. The van der Waals surface area contributed by atoms with Gasteiger partial charge in [-0.25, -0.2) is 4.70 Å². The van der Waals surface area contributed by atoms with Gasteiger partial charge in [0.15, 0.2) is 0 Å². The van der Waals surface area contributed by atoms with Crippen LogP contribution in [0.1, 0.15) is 306 Å². The summed E-state index contributed by atoms with van der Waals surface area (Å²) in [7, 11) is 0. The summed E-state index contributed by atoms with van der Waals surface area (Å²) in [6.45, 7) is 23.1. The number of aryl methyl sites for hydroxylation is 4. The summed E-state index contributed by atoms with van der Waals surface area (Å²) in [6.07, 6.45) is 45.8. The van der Waals surface area contributed by atoms with E-state index in [-0.39, 0.29) is 0 Å². The topological polar surface area (TPSA) is 25.3 Å². The number of nitrogens with zero attached hydrogens (tertiary/aromatic N) is 2. The minimum absolute atomic E-state index is 1.03. The van der Waals surface area contributed by atoms with Gasteiger partial charge in [-0.1, -0.05) is 107 Å². The Morgan fingerprint density at radius 1 is 0.313 bits per heavy atom. The zero-order valence-corrected chi connectivity index (χ0v) is 47.9. The van der Waals surface area contributed by atoms with E-state index in [0.29, 0.717) is 0 Å². The maximum absolute atomic E-state index is 12.7. The Balaban J connectivity index is 0.000000766. The van der Waals surface area contributed by atoms with E-state index in [1.165, 1.54) is 221 Å². The predicted octanol–water partition coefficient (Wildman–Crippen LogP) is 21.9. The van der Waals surface area contributed by atoms with Crippen molar-refractivity contribution in [2.45, 2.75) is 310 Å². The molecule has 67 heavy (non-hydrogen) atoms. The molecule has 0 atom stereocenters. The number of benzene rings is 2. The van der Waals surface area contributed by atoms with Gasteiger partial charge in [0.05, 0.1) is 0 Å². The molecule has 0 spiro atoms. The average Bonchev–Trinajstić information content (AvgIpc) is 3.62. The van der Waals surface area contributed by atoms with E-state index >= 15 is 0 Å². The van der Waals surface area contributed by atoms with Crippen LogP contribution in [0.15, 0.2) is 35.4 Å². The van der Waals surface area contributed by atoms with E-state index in [4.69, 9.17) is 0 Å². The van der Waals surface area contributed by atoms with E-state index in [9.17, 15) is 5.53 Å². The summed E-state index contributed by atoms with van der Waals surface area (Å²) in [4.78, 5) is 3.07. The second-order valence-corrected chi connectivity index (χ2v) is 22.7. The molecule has 2 aromatic carbocycles. The molecule has 0 aromatic heterocycles. The third-order valence-corrected chi connectivity index (χ3v) is 16.4. The van der Waals surface area contributed by atoms with Crippen LogP contribution in [-0.2, 0) is 56.5 Å².